The Morgan fingerprint density at radius 2 is 1.90 bits per heavy atom. The lowest BCUT2D eigenvalue weighted by atomic mass is 10.2. The third-order valence-electron chi connectivity index (χ3n) is 1.33. The summed E-state index contributed by atoms with van der Waals surface area (Å²) in [5.41, 5.74) is 0. The van der Waals surface area contributed by atoms with Gasteiger partial charge in [0.25, 0.3) is 0 Å². The molecule has 0 aromatic rings. The number of hydrogen-bond acceptors (Lipinski definition) is 2. The first-order valence-electron chi connectivity index (χ1n) is 3.73. The van der Waals surface area contributed by atoms with Crippen molar-refractivity contribution in [3.8, 4) is 0 Å². The molecule has 0 aliphatic heterocycles. The molecule has 0 aromatic heterocycles. The van der Waals surface area contributed by atoms with E-state index in [2.05, 4.69) is 10.6 Å². The van der Waals surface area contributed by atoms with Gasteiger partial charge in [0.05, 0.1) is 0 Å². The zero-order valence-corrected chi connectivity index (χ0v) is 6.52. The summed E-state index contributed by atoms with van der Waals surface area (Å²) in [4.78, 5) is 9.77. The van der Waals surface area contributed by atoms with Gasteiger partial charge in [0.1, 0.15) is 0 Å². The molecule has 0 bridgehead atoms. The zero-order chi connectivity index (χ0) is 7.66. The van der Waals surface area contributed by atoms with E-state index in [0.29, 0.717) is 0 Å². The van der Waals surface area contributed by atoms with Crippen LogP contribution in [0.25, 0.3) is 0 Å². The largest absolute Gasteiger partial charge is 0.359 e. The van der Waals surface area contributed by atoms with Gasteiger partial charge in [-0.05, 0) is 26.4 Å². The van der Waals surface area contributed by atoms with Crippen molar-refractivity contribution in [3.05, 3.63) is 0 Å². The molecule has 0 spiro atoms. The third-order valence-corrected chi connectivity index (χ3v) is 1.33. The minimum Gasteiger partial charge on any atom is -0.359 e. The lowest BCUT2D eigenvalue weighted by molar-refractivity contribution is -0.109. The van der Waals surface area contributed by atoms with E-state index in [9.17, 15) is 4.79 Å². The molecule has 2 N–H and O–H groups in total. The zero-order valence-electron chi connectivity index (χ0n) is 6.52. The number of rotatable bonds is 7. The van der Waals surface area contributed by atoms with Crippen LogP contribution < -0.4 is 10.6 Å². The van der Waals surface area contributed by atoms with E-state index in [1.807, 2.05) is 7.05 Å². The van der Waals surface area contributed by atoms with E-state index >= 15 is 0 Å². The number of amides is 1. The van der Waals surface area contributed by atoms with Crippen LogP contribution in [0.2, 0.25) is 0 Å². The number of unbranched alkanes of at least 4 members (excludes halogenated alkanes) is 2. The Hall–Kier alpha value is -0.570. The maximum atomic E-state index is 9.77. The summed E-state index contributed by atoms with van der Waals surface area (Å²) >= 11 is 0. The molecule has 3 heteroatoms. The number of hydrogen-bond donors (Lipinski definition) is 2. The summed E-state index contributed by atoms with van der Waals surface area (Å²) in [6.07, 6.45) is 4.21. The van der Waals surface area contributed by atoms with Gasteiger partial charge in [-0.1, -0.05) is 6.42 Å². The Bertz CT molecular complexity index is 76.0. The topological polar surface area (TPSA) is 41.1 Å². The molecule has 0 heterocycles. The van der Waals surface area contributed by atoms with Crippen molar-refractivity contribution in [3.63, 3.8) is 0 Å². The average Bonchev–Trinajstić information content (AvgIpc) is 1.97. The third kappa shape index (κ3) is 7.43. The predicted molar refractivity (Wildman–Crippen MR) is 41.8 cm³/mol. The average molecular weight is 144 g/mol. The molecular formula is C7H16N2O. The summed E-state index contributed by atoms with van der Waals surface area (Å²) < 4.78 is 0. The van der Waals surface area contributed by atoms with Crippen LogP contribution in [0, 0.1) is 0 Å². The first-order valence-corrected chi connectivity index (χ1v) is 3.73. The van der Waals surface area contributed by atoms with Gasteiger partial charge in [0.15, 0.2) is 0 Å². The Labute approximate surface area is 62.2 Å². The summed E-state index contributed by atoms with van der Waals surface area (Å²) in [6.45, 7) is 1.88. The standard InChI is InChI=1S/C7H16N2O/c1-8-5-3-2-4-6-9-7-10/h7-8H,2-6H2,1H3,(H,9,10). The van der Waals surface area contributed by atoms with Crippen LogP contribution in [0.3, 0.4) is 0 Å². The highest BCUT2D eigenvalue weighted by Gasteiger charge is 1.85. The van der Waals surface area contributed by atoms with Gasteiger partial charge >= 0.3 is 0 Å². The van der Waals surface area contributed by atoms with Crippen LogP contribution in [0.1, 0.15) is 19.3 Å². The van der Waals surface area contributed by atoms with Crippen LogP contribution in [-0.4, -0.2) is 26.5 Å². The second-order valence-corrected chi connectivity index (χ2v) is 2.24. The molecule has 3 nitrogen and oxygen atoms in total. The molecule has 0 aliphatic rings. The van der Waals surface area contributed by atoms with Crippen molar-refractivity contribution < 1.29 is 4.79 Å². The van der Waals surface area contributed by atoms with E-state index in [4.69, 9.17) is 0 Å². The van der Waals surface area contributed by atoms with Gasteiger partial charge in [0, 0.05) is 6.54 Å². The maximum absolute atomic E-state index is 9.77. The number of carbonyl (C=O) groups is 1. The molecule has 0 unspecified atom stereocenters. The van der Waals surface area contributed by atoms with Crippen molar-refractivity contribution >= 4 is 6.41 Å². The van der Waals surface area contributed by atoms with Crippen molar-refractivity contribution in [2.24, 2.45) is 0 Å². The molecule has 0 atom stereocenters. The van der Waals surface area contributed by atoms with Gasteiger partial charge in [-0.15, -0.1) is 0 Å². The molecule has 0 radical (unpaired) electrons. The second kappa shape index (κ2) is 8.43. The highest BCUT2D eigenvalue weighted by Crippen LogP contribution is 1.90. The molecule has 0 saturated carbocycles. The molecule has 0 aliphatic carbocycles. The van der Waals surface area contributed by atoms with Crippen molar-refractivity contribution in [2.75, 3.05) is 20.1 Å². The molecule has 0 fully saturated rings. The quantitative estimate of drug-likeness (QED) is 0.393. The monoisotopic (exact) mass is 144 g/mol. The summed E-state index contributed by atoms with van der Waals surface area (Å²) in [6, 6.07) is 0. The smallest absolute Gasteiger partial charge is 0.207 e. The van der Waals surface area contributed by atoms with Crippen molar-refractivity contribution in [1.29, 1.82) is 0 Å². The summed E-state index contributed by atoms with van der Waals surface area (Å²) in [5.74, 6) is 0. The van der Waals surface area contributed by atoms with E-state index in [1.54, 1.807) is 0 Å². The van der Waals surface area contributed by atoms with Crippen molar-refractivity contribution in [1.82, 2.24) is 10.6 Å². The summed E-state index contributed by atoms with van der Waals surface area (Å²) in [7, 11) is 1.95. The SMILES string of the molecule is CNCCCCCNC=O. The highest BCUT2D eigenvalue weighted by atomic mass is 16.1. The fourth-order valence-corrected chi connectivity index (χ4v) is 0.765. The number of carbonyl (C=O) groups excluding carboxylic acids is 1. The van der Waals surface area contributed by atoms with E-state index < -0.39 is 0 Å². The number of nitrogens with one attached hydrogen (secondary N) is 2. The molecule has 0 rings (SSSR count). The van der Waals surface area contributed by atoms with Gasteiger partial charge in [-0.25, -0.2) is 0 Å². The predicted octanol–water partition coefficient (Wildman–Crippen LogP) is 0.122. The Morgan fingerprint density at radius 1 is 1.20 bits per heavy atom. The van der Waals surface area contributed by atoms with Crippen LogP contribution in [-0.2, 0) is 4.79 Å². The summed E-state index contributed by atoms with van der Waals surface area (Å²) in [5, 5.41) is 5.69. The van der Waals surface area contributed by atoms with Crippen LogP contribution >= 0.6 is 0 Å². The molecule has 1 amide bonds. The van der Waals surface area contributed by atoms with Gasteiger partial charge in [-0.2, -0.15) is 0 Å². The maximum Gasteiger partial charge on any atom is 0.207 e. The molecule has 10 heavy (non-hydrogen) atoms. The minimum absolute atomic E-state index is 0.748. The Morgan fingerprint density at radius 3 is 2.50 bits per heavy atom. The van der Waals surface area contributed by atoms with Gasteiger partial charge in [-0.3, -0.25) is 4.79 Å². The Balaban J connectivity index is 2.70. The van der Waals surface area contributed by atoms with Crippen LogP contribution in [0.4, 0.5) is 0 Å². The van der Waals surface area contributed by atoms with E-state index in [-0.39, 0.29) is 0 Å². The first-order chi connectivity index (χ1) is 4.91. The molecule has 0 saturated heterocycles. The van der Waals surface area contributed by atoms with E-state index in [0.717, 1.165) is 25.9 Å². The lowest BCUT2D eigenvalue weighted by Crippen LogP contribution is -2.13. The fraction of sp³-hybridized carbons (Fsp3) is 0.857. The second-order valence-electron chi connectivity index (χ2n) is 2.24. The minimum atomic E-state index is 0.748. The molecule has 60 valence electrons. The van der Waals surface area contributed by atoms with Gasteiger partial charge < -0.3 is 10.6 Å². The first kappa shape index (κ1) is 9.43. The Kier molecular flexibility index (Phi) is 7.95. The fourth-order valence-electron chi connectivity index (χ4n) is 0.765. The molecule has 0 aromatic carbocycles. The lowest BCUT2D eigenvalue weighted by Gasteiger charge is -1.98. The van der Waals surface area contributed by atoms with Crippen LogP contribution in [0.5, 0.6) is 0 Å². The molecular weight excluding hydrogens is 128 g/mol. The van der Waals surface area contributed by atoms with Gasteiger partial charge in [0.2, 0.25) is 6.41 Å². The highest BCUT2D eigenvalue weighted by molar-refractivity contribution is 5.45. The normalized spacial score (nSPS) is 9.30. The van der Waals surface area contributed by atoms with Crippen LogP contribution in [0.15, 0.2) is 0 Å². The van der Waals surface area contributed by atoms with Crippen molar-refractivity contribution in [2.45, 2.75) is 19.3 Å². The van der Waals surface area contributed by atoms with E-state index in [1.165, 1.54) is 12.8 Å².